The van der Waals surface area contributed by atoms with Crippen LogP contribution in [-0.4, -0.2) is 60.7 Å². The van der Waals surface area contributed by atoms with Crippen LogP contribution in [0.2, 0.25) is 0 Å². The van der Waals surface area contributed by atoms with Crippen molar-refractivity contribution in [2.75, 3.05) is 37.7 Å². The molecule has 2 aromatic rings. The van der Waals surface area contributed by atoms with Gasteiger partial charge in [-0.05, 0) is 31.0 Å². The molecule has 3 heterocycles. The van der Waals surface area contributed by atoms with Gasteiger partial charge in [0.25, 0.3) is 0 Å². The number of pyridine rings is 1. The molecule has 0 spiro atoms. The van der Waals surface area contributed by atoms with E-state index in [1.54, 1.807) is 12.3 Å². The average Bonchev–Trinajstić information content (AvgIpc) is 3.57. The molecule has 2 atom stereocenters. The van der Waals surface area contributed by atoms with Crippen LogP contribution in [0.5, 0.6) is 0 Å². The third-order valence-corrected chi connectivity index (χ3v) is 6.54. The van der Waals surface area contributed by atoms with Crippen LogP contribution in [0, 0.1) is 23.0 Å². The summed E-state index contributed by atoms with van der Waals surface area (Å²) in [5.74, 6) is -0.474. The van der Waals surface area contributed by atoms with Gasteiger partial charge in [0.05, 0.1) is 37.4 Å². The fourth-order valence-electron chi connectivity index (χ4n) is 4.75. The number of hydrogen-bond acceptors (Lipinski definition) is 6. The van der Waals surface area contributed by atoms with E-state index in [-0.39, 0.29) is 24.5 Å². The first-order valence-electron chi connectivity index (χ1n) is 10.7. The third-order valence-electron chi connectivity index (χ3n) is 6.54. The highest BCUT2D eigenvalue weighted by Gasteiger charge is 2.47. The highest BCUT2D eigenvalue weighted by atomic mass is 19.1. The molecule has 2 unspecified atom stereocenters. The summed E-state index contributed by atoms with van der Waals surface area (Å²) >= 11 is 0. The quantitative estimate of drug-likeness (QED) is 0.767. The molecular formula is C23H23F2N5O2. The molecule has 3 aliphatic rings. The number of carbonyl (C=O) groups excluding carboxylic acids is 1. The summed E-state index contributed by atoms with van der Waals surface area (Å²) in [6.07, 6.45) is 2.97. The second kappa shape index (κ2) is 8.11. The Morgan fingerprint density at radius 2 is 1.97 bits per heavy atom. The van der Waals surface area contributed by atoms with Crippen LogP contribution >= 0.6 is 0 Å². The van der Waals surface area contributed by atoms with Crippen LogP contribution in [0.3, 0.4) is 0 Å². The van der Waals surface area contributed by atoms with Crippen LogP contribution in [0.1, 0.15) is 24.0 Å². The van der Waals surface area contributed by atoms with Crippen molar-refractivity contribution in [3.63, 3.8) is 0 Å². The normalized spacial score (nSPS) is 23.5. The fourth-order valence-corrected chi connectivity index (χ4v) is 4.75. The van der Waals surface area contributed by atoms with Gasteiger partial charge in [-0.2, -0.15) is 5.26 Å². The van der Waals surface area contributed by atoms with Gasteiger partial charge in [0.2, 0.25) is 5.91 Å². The Morgan fingerprint density at radius 3 is 2.56 bits per heavy atom. The van der Waals surface area contributed by atoms with Crippen LogP contribution in [0.25, 0.3) is 0 Å². The highest BCUT2D eigenvalue weighted by Crippen LogP contribution is 2.46. The van der Waals surface area contributed by atoms with Gasteiger partial charge in [-0.3, -0.25) is 10.1 Å². The molecule has 166 valence electrons. The molecule has 2 bridgehead atoms. The van der Waals surface area contributed by atoms with Crippen molar-refractivity contribution in [2.24, 2.45) is 0 Å². The summed E-state index contributed by atoms with van der Waals surface area (Å²) in [5.41, 5.74) is 0.316. The van der Waals surface area contributed by atoms with Gasteiger partial charge < -0.3 is 14.5 Å². The highest BCUT2D eigenvalue weighted by molar-refractivity contribution is 5.79. The zero-order valence-corrected chi connectivity index (χ0v) is 17.4. The van der Waals surface area contributed by atoms with Gasteiger partial charge in [-0.25, -0.2) is 13.8 Å². The molecule has 1 aliphatic carbocycles. The molecular weight excluding hydrogens is 416 g/mol. The topological polar surface area (TPSA) is 81.5 Å². The number of amides is 1. The summed E-state index contributed by atoms with van der Waals surface area (Å²) < 4.78 is 33.2. The number of ether oxygens (including phenoxy) is 1. The molecule has 1 N–H and O–H groups in total. The van der Waals surface area contributed by atoms with Crippen molar-refractivity contribution in [3.05, 3.63) is 59.3 Å². The van der Waals surface area contributed by atoms with Crippen LogP contribution < -0.4 is 10.2 Å². The lowest BCUT2D eigenvalue weighted by molar-refractivity contribution is -0.133. The first-order chi connectivity index (χ1) is 15.5. The minimum absolute atomic E-state index is 0.0312. The van der Waals surface area contributed by atoms with Gasteiger partial charge in [-0.1, -0.05) is 6.07 Å². The number of piperazine rings is 1. The Balaban J connectivity index is 1.25. The van der Waals surface area contributed by atoms with Crippen LogP contribution in [0.4, 0.5) is 14.6 Å². The number of benzene rings is 1. The second-order valence-electron chi connectivity index (χ2n) is 8.63. The minimum Gasteiger partial charge on any atom is -0.377 e. The predicted molar refractivity (Wildman–Crippen MR) is 112 cm³/mol. The van der Waals surface area contributed by atoms with Gasteiger partial charge >= 0.3 is 0 Å². The van der Waals surface area contributed by atoms with Gasteiger partial charge in [0.1, 0.15) is 23.5 Å². The largest absolute Gasteiger partial charge is 0.377 e. The van der Waals surface area contributed by atoms with E-state index in [9.17, 15) is 13.6 Å². The van der Waals surface area contributed by atoms with E-state index in [0.29, 0.717) is 50.3 Å². The average molecular weight is 439 g/mol. The van der Waals surface area contributed by atoms with Gasteiger partial charge in [-0.15, -0.1) is 0 Å². The molecule has 5 rings (SSSR count). The van der Waals surface area contributed by atoms with Crippen molar-refractivity contribution in [3.8, 4) is 6.07 Å². The summed E-state index contributed by atoms with van der Waals surface area (Å²) in [7, 11) is 0. The number of hydrogen-bond donors (Lipinski definition) is 1. The standard InChI is InChI=1S/C23H23F2N5O2/c24-16-2-3-19(20(25)7-16)23(5-6-23)28-10-22(31)29-11-17-13-32-14-18(12-29)30(17)21-4-1-15(8-26)9-27-21/h1-4,7,9,17-18,28H,5-6,10-14H2. The molecule has 7 nitrogen and oxygen atoms in total. The lowest BCUT2D eigenvalue weighted by Crippen LogP contribution is -2.66. The number of nitriles is 1. The number of fused-ring (bicyclic) bond motifs is 2. The number of carbonyl (C=O) groups is 1. The molecule has 1 amide bonds. The van der Waals surface area contributed by atoms with Crippen molar-refractivity contribution < 1.29 is 18.3 Å². The molecule has 2 saturated heterocycles. The molecule has 1 aromatic heterocycles. The minimum atomic E-state index is -0.610. The Bertz CT molecular complexity index is 1050. The van der Waals surface area contributed by atoms with E-state index in [0.717, 1.165) is 11.9 Å². The molecule has 1 saturated carbocycles. The van der Waals surface area contributed by atoms with Crippen LogP contribution in [-0.2, 0) is 15.1 Å². The Morgan fingerprint density at radius 1 is 1.22 bits per heavy atom. The summed E-state index contributed by atoms with van der Waals surface area (Å²) in [4.78, 5) is 21.4. The maximum Gasteiger partial charge on any atom is 0.236 e. The smallest absolute Gasteiger partial charge is 0.236 e. The Labute approximate surface area is 184 Å². The number of morpholine rings is 1. The number of nitrogens with zero attached hydrogens (tertiary/aromatic N) is 4. The van der Waals surface area contributed by atoms with E-state index in [2.05, 4.69) is 21.3 Å². The molecule has 2 aliphatic heterocycles. The number of anilines is 1. The van der Waals surface area contributed by atoms with Crippen molar-refractivity contribution >= 4 is 11.7 Å². The van der Waals surface area contributed by atoms with Gasteiger partial charge in [0.15, 0.2) is 0 Å². The summed E-state index contributed by atoms with van der Waals surface area (Å²) in [6.45, 7) is 2.06. The maximum atomic E-state index is 14.3. The SMILES string of the molecule is N#Cc1ccc(N2C3COCC2CN(C(=O)CNC2(c4ccc(F)cc4F)CC2)C3)nc1. The predicted octanol–water partition coefficient (Wildman–Crippen LogP) is 1.93. The Hall–Kier alpha value is -3.09. The first kappa shape index (κ1) is 20.8. The van der Waals surface area contributed by atoms with E-state index < -0.39 is 17.2 Å². The summed E-state index contributed by atoms with van der Waals surface area (Å²) in [5, 5.41) is 12.2. The lowest BCUT2D eigenvalue weighted by Gasteiger charge is -2.50. The summed E-state index contributed by atoms with van der Waals surface area (Å²) in [6, 6.07) is 9.17. The zero-order valence-electron chi connectivity index (χ0n) is 17.4. The van der Waals surface area contributed by atoms with Crippen molar-refractivity contribution in [1.82, 2.24) is 15.2 Å². The van der Waals surface area contributed by atoms with E-state index in [4.69, 9.17) is 10.00 Å². The van der Waals surface area contributed by atoms with E-state index >= 15 is 0 Å². The molecule has 32 heavy (non-hydrogen) atoms. The number of halogens is 2. The maximum absolute atomic E-state index is 14.3. The van der Waals surface area contributed by atoms with Crippen molar-refractivity contribution in [1.29, 1.82) is 5.26 Å². The molecule has 9 heteroatoms. The third kappa shape index (κ3) is 3.80. The number of rotatable bonds is 5. The number of aromatic nitrogens is 1. The monoisotopic (exact) mass is 439 g/mol. The van der Waals surface area contributed by atoms with Crippen molar-refractivity contribution in [2.45, 2.75) is 30.5 Å². The first-order valence-corrected chi connectivity index (χ1v) is 10.7. The number of nitrogens with one attached hydrogen (secondary N) is 1. The zero-order chi connectivity index (χ0) is 22.3. The molecule has 1 aromatic carbocycles. The molecule has 3 fully saturated rings. The Kier molecular flexibility index (Phi) is 5.27. The molecule has 0 radical (unpaired) electrons. The van der Waals surface area contributed by atoms with Crippen LogP contribution in [0.15, 0.2) is 36.5 Å². The van der Waals surface area contributed by atoms with E-state index in [1.165, 1.54) is 12.1 Å². The fraction of sp³-hybridized carbons (Fsp3) is 0.435. The second-order valence-corrected chi connectivity index (χ2v) is 8.63. The van der Waals surface area contributed by atoms with Gasteiger partial charge in [0, 0.05) is 36.5 Å². The lowest BCUT2D eigenvalue weighted by atomic mass is 10.0. The van der Waals surface area contributed by atoms with E-state index in [1.807, 2.05) is 11.0 Å².